The van der Waals surface area contributed by atoms with Crippen LogP contribution in [-0.2, 0) is 14.4 Å². The number of benzene rings is 1. The second-order valence-corrected chi connectivity index (χ2v) is 8.24. The normalized spacial score (nSPS) is 19.3. The van der Waals surface area contributed by atoms with E-state index in [1.807, 2.05) is 13.0 Å². The number of carbonyl (C=O) groups excluding carboxylic acids is 3. The lowest BCUT2D eigenvalue weighted by Crippen LogP contribution is -2.45. The number of hydrogen-bond donors (Lipinski definition) is 0. The quantitative estimate of drug-likeness (QED) is 0.403. The number of likely N-dealkylation sites (N-methyl/N-ethyl adjacent to an activating group) is 2. The van der Waals surface area contributed by atoms with Gasteiger partial charge in [0.1, 0.15) is 5.82 Å². The van der Waals surface area contributed by atoms with Gasteiger partial charge in [-0.2, -0.15) is 0 Å². The van der Waals surface area contributed by atoms with Crippen LogP contribution in [0.1, 0.15) is 12.5 Å². The zero-order valence-corrected chi connectivity index (χ0v) is 18.3. The first-order chi connectivity index (χ1) is 15.4. The van der Waals surface area contributed by atoms with Crippen molar-refractivity contribution in [2.75, 3.05) is 56.1 Å². The average Bonchev–Trinajstić information content (AvgIpc) is 2.79. The second-order valence-electron chi connectivity index (χ2n) is 8.24. The molecular formula is C25H26FN3O3. The van der Waals surface area contributed by atoms with E-state index in [0.717, 1.165) is 31.9 Å². The van der Waals surface area contributed by atoms with Crippen LogP contribution in [0.3, 0.4) is 0 Å². The smallest absolute Gasteiger partial charge is 0.226 e. The van der Waals surface area contributed by atoms with Gasteiger partial charge >= 0.3 is 0 Å². The van der Waals surface area contributed by atoms with Crippen molar-refractivity contribution in [2.24, 2.45) is 0 Å². The van der Waals surface area contributed by atoms with Crippen molar-refractivity contribution < 1.29 is 18.8 Å². The van der Waals surface area contributed by atoms with E-state index in [4.69, 9.17) is 0 Å². The summed E-state index contributed by atoms with van der Waals surface area (Å²) in [6, 6.07) is 3.41. The third kappa shape index (κ3) is 4.48. The number of halogens is 1. The first-order valence-electron chi connectivity index (χ1n) is 10.8. The van der Waals surface area contributed by atoms with E-state index in [-0.39, 0.29) is 11.6 Å². The molecule has 0 bridgehead atoms. The maximum Gasteiger partial charge on any atom is 0.226 e. The number of nitrogens with zero attached hydrogens (tertiary/aromatic N) is 3. The second kappa shape index (κ2) is 9.04. The number of rotatable bonds is 5. The van der Waals surface area contributed by atoms with Crippen molar-refractivity contribution in [1.82, 2.24) is 4.90 Å². The molecule has 2 heterocycles. The van der Waals surface area contributed by atoms with Gasteiger partial charge in [-0.25, -0.2) is 4.39 Å². The fourth-order valence-corrected chi connectivity index (χ4v) is 4.11. The summed E-state index contributed by atoms with van der Waals surface area (Å²) in [5.74, 6) is -1.67. The predicted octanol–water partition coefficient (Wildman–Crippen LogP) is 2.56. The molecular weight excluding hydrogens is 409 g/mol. The van der Waals surface area contributed by atoms with Crippen molar-refractivity contribution >= 4 is 34.8 Å². The van der Waals surface area contributed by atoms with Crippen molar-refractivity contribution in [3.8, 4) is 0 Å². The molecule has 7 heteroatoms. The molecule has 0 radical (unpaired) electrons. The molecule has 0 spiro atoms. The lowest BCUT2D eigenvalue weighted by molar-refractivity contribution is -0.131. The van der Waals surface area contributed by atoms with Crippen LogP contribution in [0.5, 0.6) is 0 Å². The first kappa shape index (κ1) is 21.9. The predicted molar refractivity (Wildman–Crippen MR) is 123 cm³/mol. The standard InChI is InChI=1S/C25H26FN3O3/c1-3-28-16-19(23(30)6-4-17-5-7-24(31)25(32)12-17)13-18-14-20(26)22(15-21(18)28)29-10-8-27(2)9-11-29/h4-7,12-15H,3,8-11,16H2,1-2H3. The minimum absolute atomic E-state index is 0.212. The van der Waals surface area contributed by atoms with Crippen LogP contribution in [-0.4, -0.2) is 68.6 Å². The van der Waals surface area contributed by atoms with Crippen LogP contribution in [0.2, 0.25) is 0 Å². The van der Waals surface area contributed by atoms with Crippen molar-refractivity contribution in [3.63, 3.8) is 0 Å². The SMILES string of the molecule is CCN1CC(C(=O)C=CC2=CC(=O)C(=O)C=C2)=Cc2cc(F)c(N3CCN(C)CC3)cc21. The number of piperazine rings is 1. The van der Waals surface area contributed by atoms with E-state index >= 15 is 4.39 Å². The van der Waals surface area contributed by atoms with Crippen LogP contribution < -0.4 is 9.80 Å². The zero-order chi connectivity index (χ0) is 22.8. The van der Waals surface area contributed by atoms with E-state index in [1.54, 1.807) is 6.08 Å². The van der Waals surface area contributed by atoms with Gasteiger partial charge in [0, 0.05) is 56.1 Å². The monoisotopic (exact) mass is 435 g/mol. The minimum atomic E-state index is -0.603. The Kier molecular flexibility index (Phi) is 6.19. The summed E-state index contributed by atoms with van der Waals surface area (Å²) in [5, 5.41) is 0. The Hall–Kier alpha value is -3.32. The van der Waals surface area contributed by atoms with Crippen LogP contribution in [0.15, 0.2) is 53.7 Å². The van der Waals surface area contributed by atoms with Gasteiger partial charge in [-0.3, -0.25) is 14.4 Å². The molecule has 1 aromatic rings. The number of hydrogen-bond acceptors (Lipinski definition) is 6. The Morgan fingerprint density at radius 2 is 1.78 bits per heavy atom. The van der Waals surface area contributed by atoms with E-state index in [9.17, 15) is 14.4 Å². The molecule has 2 aliphatic heterocycles. The fraction of sp³-hybridized carbons (Fsp3) is 0.320. The lowest BCUT2D eigenvalue weighted by Gasteiger charge is -2.36. The Labute approximate surface area is 187 Å². The van der Waals surface area contributed by atoms with E-state index in [1.165, 1.54) is 36.4 Å². The number of anilines is 2. The molecule has 0 N–H and O–H groups in total. The van der Waals surface area contributed by atoms with Crippen LogP contribution in [0.4, 0.5) is 15.8 Å². The average molecular weight is 435 g/mol. The topological polar surface area (TPSA) is 60.9 Å². The number of allylic oxidation sites excluding steroid dienone is 6. The molecule has 0 saturated carbocycles. The molecule has 1 fully saturated rings. The van der Waals surface area contributed by atoms with Gasteiger partial charge in [0.25, 0.3) is 0 Å². The van der Waals surface area contributed by atoms with Gasteiger partial charge < -0.3 is 14.7 Å². The summed E-state index contributed by atoms with van der Waals surface area (Å²) in [4.78, 5) is 41.9. The van der Waals surface area contributed by atoms with E-state index in [0.29, 0.717) is 35.5 Å². The highest BCUT2D eigenvalue weighted by atomic mass is 19.1. The van der Waals surface area contributed by atoms with E-state index < -0.39 is 11.6 Å². The molecule has 0 aromatic heterocycles. The molecule has 1 saturated heterocycles. The highest BCUT2D eigenvalue weighted by molar-refractivity contribution is 6.46. The summed E-state index contributed by atoms with van der Waals surface area (Å²) in [6.45, 7) is 6.45. The van der Waals surface area contributed by atoms with Gasteiger partial charge in [-0.05, 0) is 56.0 Å². The maximum absolute atomic E-state index is 15.0. The summed E-state index contributed by atoms with van der Waals surface area (Å²) in [7, 11) is 2.07. The molecule has 0 amide bonds. The van der Waals surface area contributed by atoms with Gasteiger partial charge in [-0.15, -0.1) is 0 Å². The molecule has 0 unspecified atom stereocenters. The Morgan fingerprint density at radius 1 is 1.03 bits per heavy atom. The van der Waals surface area contributed by atoms with Gasteiger partial charge in [0.05, 0.1) is 5.69 Å². The third-order valence-electron chi connectivity index (χ3n) is 6.06. The van der Waals surface area contributed by atoms with Gasteiger partial charge in [-0.1, -0.05) is 12.2 Å². The first-order valence-corrected chi connectivity index (χ1v) is 10.8. The summed E-state index contributed by atoms with van der Waals surface area (Å²) >= 11 is 0. The molecule has 4 rings (SSSR count). The lowest BCUT2D eigenvalue weighted by atomic mass is 9.97. The zero-order valence-electron chi connectivity index (χ0n) is 18.3. The molecule has 1 aliphatic carbocycles. The molecule has 0 atom stereocenters. The van der Waals surface area contributed by atoms with Gasteiger partial charge in [0.2, 0.25) is 11.6 Å². The fourth-order valence-electron chi connectivity index (χ4n) is 4.11. The summed E-state index contributed by atoms with van der Waals surface area (Å²) in [5.41, 5.74) is 3.25. The number of carbonyl (C=O) groups is 3. The molecule has 1 aromatic carbocycles. The Bertz CT molecular complexity index is 1090. The highest BCUT2D eigenvalue weighted by Gasteiger charge is 2.25. The van der Waals surface area contributed by atoms with Crippen LogP contribution in [0.25, 0.3) is 6.08 Å². The number of fused-ring (bicyclic) bond motifs is 1. The largest absolute Gasteiger partial charge is 0.367 e. The molecule has 166 valence electrons. The van der Waals surface area contributed by atoms with Crippen molar-refractivity contribution in [1.29, 1.82) is 0 Å². The van der Waals surface area contributed by atoms with Crippen molar-refractivity contribution in [2.45, 2.75) is 6.92 Å². The maximum atomic E-state index is 15.0. The Morgan fingerprint density at radius 3 is 2.47 bits per heavy atom. The number of ketones is 3. The minimum Gasteiger partial charge on any atom is -0.367 e. The van der Waals surface area contributed by atoms with Crippen molar-refractivity contribution in [3.05, 3.63) is 65.0 Å². The van der Waals surface area contributed by atoms with Gasteiger partial charge in [0.15, 0.2) is 5.78 Å². The van der Waals surface area contributed by atoms with Crippen LogP contribution in [0, 0.1) is 5.82 Å². The summed E-state index contributed by atoms with van der Waals surface area (Å²) < 4.78 is 15.0. The molecule has 3 aliphatic rings. The van der Waals surface area contributed by atoms with E-state index in [2.05, 4.69) is 21.7 Å². The molecule has 6 nitrogen and oxygen atoms in total. The van der Waals surface area contributed by atoms with Crippen LogP contribution >= 0.6 is 0 Å². The molecule has 32 heavy (non-hydrogen) atoms. The third-order valence-corrected chi connectivity index (χ3v) is 6.06. The Balaban J connectivity index is 1.58. The summed E-state index contributed by atoms with van der Waals surface area (Å²) in [6.07, 6.45) is 8.56. The highest BCUT2D eigenvalue weighted by Crippen LogP contribution is 2.35.